The Bertz CT molecular complexity index is 393. The van der Waals surface area contributed by atoms with Gasteiger partial charge < -0.3 is 15.1 Å². The van der Waals surface area contributed by atoms with Gasteiger partial charge in [0.1, 0.15) is 6.04 Å². The van der Waals surface area contributed by atoms with Crippen LogP contribution in [0.3, 0.4) is 0 Å². The molecule has 1 aliphatic heterocycles. The number of nitrogens with zero attached hydrogens (tertiary/aromatic N) is 2. The monoisotopic (exact) mass is 367 g/mol. The molecule has 1 rings (SSSR count). The fourth-order valence-electron chi connectivity index (χ4n) is 3.56. The van der Waals surface area contributed by atoms with E-state index in [2.05, 4.69) is 31.0 Å². The summed E-state index contributed by atoms with van der Waals surface area (Å²) < 4.78 is 0. The molecule has 0 aromatic rings. The van der Waals surface area contributed by atoms with Crippen LogP contribution in [-0.2, 0) is 9.59 Å². The second-order valence-electron chi connectivity index (χ2n) is 7.54. The van der Waals surface area contributed by atoms with E-state index in [1.54, 1.807) is 0 Å². The fraction of sp³-hybridized carbons (Fsp3) is 0.905. The Morgan fingerprint density at radius 2 is 1.46 bits per heavy atom. The summed E-state index contributed by atoms with van der Waals surface area (Å²) in [5.41, 5.74) is 0. The molecule has 1 aliphatic rings. The topological polar surface area (TPSA) is 52.7 Å². The normalized spacial score (nSPS) is 16.5. The van der Waals surface area contributed by atoms with E-state index in [0.29, 0.717) is 6.42 Å². The highest BCUT2D eigenvalue weighted by Crippen LogP contribution is 2.10. The van der Waals surface area contributed by atoms with Crippen molar-refractivity contribution in [2.75, 3.05) is 32.7 Å². The molecule has 5 heteroatoms. The number of carbonyl (C=O) groups excluding carboxylic acids is 2. The van der Waals surface area contributed by atoms with Gasteiger partial charge in [-0.15, -0.1) is 0 Å². The minimum atomic E-state index is -0.342. The van der Waals surface area contributed by atoms with Crippen LogP contribution >= 0.6 is 0 Å². The molecule has 0 aliphatic carbocycles. The number of amides is 2. The summed E-state index contributed by atoms with van der Waals surface area (Å²) in [5.74, 6) is 0.146. The van der Waals surface area contributed by atoms with Crippen molar-refractivity contribution in [3.8, 4) is 0 Å². The van der Waals surface area contributed by atoms with Crippen LogP contribution in [0.1, 0.15) is 85.0 Å². The van der Waals surface area contributed by atoms with Gasteiger partial charge in [0, 0.05) is 32.6 Å². The van der Waals surface area contributed by atoms with Gasteiger partial charge in [-0.3, -0.25) is 9.59 Å². The van der Waals surface area contributed by atoms with E-state index >= 15 is 0 Å². The molecule has 152 valence electrons. The Kier molecular flexibility index (Phi) is 12.4. The number of likely N-dealkylation sites (N-methyl/N-ethyl adjacent to an activating group) is 1. The lowest BCUT2D eigenvalue weighted by Crippen LogP contribution is -2.54. The Labute approximate surface area is 160 Å². The van der Waals surface area contributed by atoms with E-state index in [9.17, 15) is 9.59 Å². The molecule has 0 aromatic heterocycles. The summed E-state index contributed by atoms with van der Waals surface area (Å²) in [6.07, 6.45) is 10.6. The molecule has 2 amide bonds. The number of carbonyl (C=O) groups is 2. The molecule has 1 atom stereocenters. The molecule has 1 saturated heterocycles. The maximum atomic E-state index is 12.8. The molecule has 0 spiro atoms. The predicted octanol–water partition coefficient (Wildman–Crippen LogP) is 3.58. The number of hydrogen-bond donors (Lipinski definition) is 1. The van der Waals surface area contributed by atoms with Crippen LogP contribution in [0.4, 0.5) is 0 Å². The van der Waals surface area contributed by atoms with E-state index in [1.165, 1.54) is 32.1 Å². The van der Waals surface area contributed by atoms with Gasteiger partial charge in [0.25, 0.3) is 0 Å². The van der Waals surface area contributed by atoms with Crippen molar-refractivity contribution in [2.45, 2.75) is 91.0 Å². The highest BCUT2D eigenvalue weighted by atomic mass is 16.2. The molecule has 1 heterocycles. The maximum absolute atomic E-state index is 12.8. The molecular weight excluding hydrogens is 326 g/mol. The zero-order valence-corrected chi connectivity index (χ0v) is 17.4. The van der Waals surface area contributed by atoms with E-state index in [1.807, 2.05) is 4.90 Å². The van der Waals surface area contributed by atoms with Crippen LogP contribution < -0.4 is 5.32 Å². The first-order chi connectivity index (χ1) is 12.6. The number of nitrogens with one attached hydrogen (secondary N) is 1. The Morgan fingerprint density at radius 3 is 2.04 bits per heavy atom. The average molecular weight is 368 g/mol. The lowest BCUT2D eigenvalue weighted by molar-refractivity contribution is -0.138. The van der Waals surface area contributed by atoms with Crippen LogP contribution in [-0.4, -0.2) is 60.4 Å². The van der Waals surface area contributed by atoms with Gasteiger partial charge in [0.15, 0.2) is 0 Å². The van der Waals surface area contributed by atoms with Gasteiger partial charge >= 0.3 is 0 Å². The third kappa shape index (κ3) is 9.02. The molecule has 1 N–H and O–H groups in total. The van der Waals surface area contributed by atoms with Crippen molar-refractivity contribution < 1.29 is 9.59 Å². The standard InChI is InChI=1S/C21H41N3O2/c1-4-7-8-9-10-11-12-14-20(25)22-19(13-5-2)21(26)24-17-15-23(6-3)16-18-24/h19H,4-18H2,1-3H3,(H,22,25). The highest BCUT2D eigenvalue weighted by Gasteiger charge is 2.27. The van der Waals surface area contributed by atoms with Gasteiger partial charge in [-0.2, -0.15) is 0 Å². The average Bonchev–Trinajstić information content (AvgIpc) is 2.66. The summed E-state index contributed by atoms with van der Waals surface area (Å²) in [4.78, 5) is 29.3. The van der Waals surface area contributed by atoms with Gasteiger partial charge in [-0.25, -0.2) is 0 Å². The molecular formula is C21H41N3O2. The smallest absolute Gasteiger partial charge is 0.245 e. The van der Waals surface area contributed by atoms with Crippen molar-refractivity contribution in [3.63, 3.8) is 0 Å². The van der Waals surface area contributed by atoms with Crippen LogP contribution in [0.15, 0.2) is 0 Å². The lowest BCUT2D eigenvalue weighted by atomic mass is 10.1. The van der Waals surface area contributed by atoms with Crippen molar-refractivity contribution in [1.29, 1.82) is 0 Å². The second-order valence-corrected chi connectivity index (χ2v) is 7.54. The van der Waals surface area contributed by atoms with Crippen molar-refractivity contribution in [2.24, 2.45) is 0 Å². The van der Waals surface area contributed by atoms with Crippen molar-refractivity contribution in [3.05, 3.63) is 0 Å². The van der Waals surface area contributed by atoms with Gasteiger partial charge in [-0.1, -0.05) is 65.7 Å². The summed E-state index contributed by atoms with van der Waals surface area (Å²) >= 11 is 0. The summed E-state index contributed by atoms with van der Waals surface area (Å²) in [6, 6.07) is -0.342. The number of hydrogen-bond acceptors (Lipinski definition) is 3. The van der Waals surface area contributed by atoms with Gasteiger partial charge in [0.05, 0.1) is 0 Å². The quantitative estimate of drug-likeness (QED) is 0.506. The lowest BCUT2D eigenvalue weighted by Gasteiger charge is -2.36. The van der Waals surface area contributed by atoms with Gasteiger partial charge in [0.2, 0.25) is 11.8 Å². The molecule has 5 nitrogen and oxygen atoms in total. The van der Waals surface area contributed by atoms with Crippen molar-refractivity contribution in [1.82, 2.24) is 15.1 Å². The third-order valence-corrected chi connectivity index (χ3v) is 5.35. The predicted molar refractivity (Wildman–Crippen MR) is 108 cm³/mol. The molecule has 0 radical (unpaired) electrons. The molecule has 0 aromatic carbocycles. The number of unbranched alkanes of at least 4 members (excludes halogenated alkanes) is 6. The molecule has 0 bridgehead atoms. The molecule has 26 heavy (non-hydrogen) atoms. The number of piperazine rings is 1. The zero-order chi connectivity index (χ0) is 19.2. The van der Waals surface area contributed by atoms with Gasteiger partial charge in [-0.05, 0) is 19.4 Å². The third-order valence-electron chi connectivity index (χ3n) is 5.35. The maximum Gasteiger partial charge on any atom is 0.245 e. The summed E-state index contributed by atoms with van der Waals surface area (Å²) in [7, 11) is 0. The van der Waals surface area contributed by atoms with Crippen LogP contribution in [0, 0.1) is 0 Å². The molecule has 1 unspecified atom stereocenters. The van der Waals surface area contributed by atoms with E-state index in [0.717, 1.165) is 58.4 Å². The molecule has 1 fully saturated rings. The SMILES string of the molecule is CCCCCCCCCC(=O)NC(CCC)C(=O)N1CCN(CC)CC1. The Hall–Kier alpha value is -1.10. The Balaban J connectivity index is 2.30. The van der Waals surface area contributed by atoms with Crippen LogP contribution in [0.5, 0.6) is 0 Å². The number of rotatable bonds is 13. The first kappa shape index (κ1) is 22.9. The Morgan fingerprint density at radius 1 is 0.846 bits per heavy atom. The second kappa shape index (κ2) is 14.0. The van der Waals surface area contributed by atoms with E-state index < -0.39 is 0 Å². The van der Waals surface area contributed by atoms with E-state index in [-0.39, 0.29) is 17.9 Å². The molecule has 0 saturated carbocycles. The minimum Gasteiger partial charge on any atom is -0.344 e. The van der Waals surface area contributed by atoms with Crippen LogP contribution in [0.2, 0.25) is 0 Å². The zero-order valence-electron chi connectivity index (χ0n) is 17.4. The summed E-state index contributed by atoms with van der Waals surface area (Å²) in [6.45, 7) is 10.9. The summed E-state index contributed by atoms with van der Waals surface area (Å²) in [5, 5.41) is 3.01. The van der Waals surface area contributed by atoms with E-state index in [4.69, 9.17) is 0 Å². The highest BCUT2D eigenvalue weighted by molar-refractivity contribution is 5.87. The van der Waals surface area contributed by atoms with Crippen LogP contribution in [0.25, 0.3) is 0 Å². The van der Waals surface area contributed by atoms with Crippen molar-refractivity contribution >= 4 is 11.8 Å². The first-order valence-corrected chi connectivity index (χ1v) is 10.9. The largest absolute Gasteiger partial charge is 0.344 e. The first-order valence-electron chi connectivity index (χ1n) is 10.9. The fourth-order valence-corrected chi connectivity index (χ4v) is 3.56. The minimum absolute atomic E-state index is 0.0394.